The number of hydrogen-bond acceptors (Lipinski definition) is 5. The molecule has 4 rings (SSSR count). The minimum Gasteiger partial charge on any atom is -0.378 e. The Labute approximate surface area is 158 Å². The van der Waals surface area contributed by atoms with Crippen LogP contribution in [0.3, 0.4) is 0 Å². The molecule has 1 fully saturated rings. The van der Waals surface area contributed by atoms with Crippen molar-refractivity contribution in [2.24, 2.45) is 12.5 Å². The van der Waals surface area contributed by atoms with Crippen molar-refractivity contribution in [1.82, 2.24) is 9.55 Å². The first-order valence-corrected chi connectivity index (χ1v) is 9.92. The third kappa shape index (κ3) is 3.23. The maximum Gasteiger partial charge on any atom is 0.173 e. The zero-order chi connectivity index (χ0) is 18.3. The fraction of sp³-hybridized carbons (Fsp3) is 0.500. The van der Waals surface area contributed by atoms with Crippen molar-refractivity contribution in [3.63, 3.8) is 0 Å². The molecule has 0 atom stereocenters. The molecule has 0 aromatic carbocycles. The molecule has 138 valence electrons. The maximum atomic E-state index is 12.8. The number of ether oxygens (including phenoxy) is 1. The summed E-state index contributed by atoms with van der Waals surface area (Å²) in [6.07, 6.45) is 9.52. The molecule has 0 spiro atoms. The summed E-state index contributed by atoms with van der Waals surface area (Å²) < 4.78 is 7.52. The number of rotatable bonds is 3. The number of Topliss-reactive ketones (excluding diaryl/α,β-unsaturated/α-hetero) is 1. The van der Waals surface area contributed by atoms with Gasteiger partial charge in [0, 0.05) is 32.1 Å². The van der Waals surface area contributed by atoms with Gasteiger partial charge in [-0.3, -0.25) is 4.79 Å². The van der Waals surface area contributed by atoms with Crippen molar-refractivity contribution in [2.75, 3.05) is 31.2 Å². The summed E-state index contributed by atoms with van der Waals surface area (Å²) >= 11 is 1.67. The van der Waals surface area contributed by atoms with E-state index in [1.165, 1.54) is 16.1 Å². The molecule has 0 unspecified atom stereocenters. The van der Waals surface area contributed by atoms with Gasteiger partial charge in [-0.25, -0.2) is 4.98 Å². The summed E-state index contributed by atoms with van der Waals surface area (Å²) in [7, 11) is 1.99. The molecule has 3 heterocycles. The fourth-order valence-corrected chi connectivity index (χ4v) is 5.09. The first kappa shape index (κ1) is 17.5. The van der Waals surface area contributed by atoms with Crippen molar-refractivity contribution in [2.45, 2.75) is 26.7 Å². The zero-order valence-corrected chi connectivity index (χ0v) is 16.4. The van der Waals surface area contributed by atoms with Gasteiger partial charge in [0.1, 0.15) is 0 Å². The van der Waals surface area contributed by atoms with E-state index in [4.69, 9.17) is 4.74 Å². The standard InChI is InChI=1S/C20H25N3O2S/c1-20(2)10-16-15(5-4-14-12-21-13-22(14)3)19(23-6-8-25-9-7-23)26-18(16)17(24)11-20/h4-5,12-13H,6-11H2,1-3H3/b5-4-. The SMILES string of the molecule is Cn1cncc1/C=C\c1c(N2CCOCC2)sc2c1CC(C)(C)CC2=O. The second-order valence-corrected chi connectivity index (χ2v) is 8.93. The average molecular weight is 372 g/mol. The summed E-state index contributed by atoms with van der Waals surface area (Å²) in [6.45, 7) is 7.62. The number of carbonyl (C=O) groups is 1. The smallest absolute Gasteiger partial charge is 0.173 e. The Bertz CT molecular complexity index is 857. The Kier molecular flexibility index (Phi) is 4.49. The molecule has 0 amide bonds. The van der Waals surface area contributed by atoms with Gasteiger partial charge in [0.15, 0.2) is 5.78 Å². The van der Waals surface area contributed by atoms with Gasteiger partial charge in [0.05, 0.1) is 41.3 Å². The number of fused-ring (bicyclic) bond motifs is 1. The molecule has 2 aliphatic rings. The average Bonchev–Trinajstić information content (AvgIpc) is 3.16. The van der Waals surface area contributed by atoms with Crippen LogP contribution in [0.25, 0.3) is 12.2 Å². The van der Waals surface area contributed by atoms with Crippen LogP contribution in [0, 0.1) is 5.41 Å². The van der Waals surface area contributed by atoms with Gasteiger partial charge in [-0.2, -0.15) is 0 Å². The third-order valence-electron chi connectivity index (χ3n) is 5.15. The van der Waals surface area contributed by atoms with E-state index in [1.807, 2.05) is 17.8 Å². The second-order valence-electron chi connectivity index (χ2n) is 7.93. The first-order valence-electron chi connectivity index (χ1n) is 9.10. The highest BCUT2D eigenvalue weighted by molar-refractivity contribution is 7.18. The number of aryl methyl sites for hydroxylation is 1. The normalized spacial score (nSPS) is 20.0. The monoisotopic (exact) mass is 371 g/mol. The molecule has 2 aromatic heterocycles. The van der Waals surface area contributed by atoms with E-state index in [1.54, 1.807) is 17.7 Å². The van der Waals surface area contributed by atoms with Gasteiger partial charge >= 0.3 is 0 Å². The number of anilines is 1. The number of imidazole rings is 1. The van der Waals surface area contributed by atoms with Gasteiger partial charge in [-0.1, -0.05) is 13.8 Å². The Balaban J connectivity index is 1.80. The van der Waals surface area contributed by atoms with E-state index in [9.17, 15) is 4.79 Å². The molecule has 1 saturated heterocycles. The molecule has 0 N–H and O–H groups in total. The van der Waals surface area contributed by atoms with E-state index in [0.717, 1.165) is 43.3 Å². The molecule has 0 saturated carbocycles. The van der Waals surface area contributed by atoms with Crippen molar-refractivity contribution in [1.29, 1.82) is 0 Å². The van der Waals surface area contributed by atoms with Crippen molar-refractivity contribution in [3.8, 4) is 0 Å². The Morgan fingerprint density at radius 3 is 2.69 bits per heavy atom. The van der Waals surface area contributed by atoms with Crippen LogP contribution in [-0.4, -0.2) is 41.6 Å². The second kappa shape index (κ2) is 6.67. The molecular formula is C20H25N3O2S. The Morgan fingerprint density at radius 2 is 2.00 bits per heavy atom. The predicted octanol–water partition coefficient (Wildman–Crippen LogP) is 3.64. The Morgan fingerprint density at radius 1 is 1.23 bits per heavy atom. The van der Waals surface area contributed by atoms with E-state index < -0.39 is 0 Å². The lowest BCUT2D eigenvalue weighted by Crippen LogP contribution is -2.36. The van der Waals surface area contributed by atoms with E-state index in [0.29, 0.717) is 6.42 Å². The summed E-state index contributed by atoms with van der Waals surface area (Å²) in [5, 5.41) is 1.21. The lowest BCUT2D eigenvalue weighted by molar-refractivity contribution is 0.0917. The van der Waals surface area contributed by atoms with Crippen molar-refractivity contribution >= 4 is 34.3 Å². The van der Waals surface area contributed by atoms with Gasteiger partial charge < -0.3 is 14.2 Å². The van der Waals surface area contributed by atoms with Gasteiger partial charge in [-0.05, 0) is 29.6 Å². The zero-order valence-electron chi connectivity index (χ0n) is 15.6. The van der Waals surface area contributed by atoms with E-state index in [2.05, 4.69) is 35.9 Å². The number of morpholine rings is 1. The number of ketones is 1. The molecule has 1 aliphatic heterocycles. The van der Waals surface area contributed by atoms with Crippen LogP contribution in [0.1, 0.15) is 46.8 Å². The van der Waals surface area contributed by atoms with Crippen LogP contribution >= 0.6 is 11.3 Å². The van der Waals surface area contributed by atoms with Crippen molar-refractivity contribution in [3.05, 3.63) is 34.2 Å². The van der Waals surface area contributed by atoms with E-state index >= 15 is 0 Å². The van der Waals surface area contributed by atoms with Gasteiger partial charge in [0.2, 0.25) is 0 Å². The highest BCUT2D eigenvalue weighted by Gasteiger charge is 2.36. The topological polar surface area (TPSA) is 47.4 Å². The van der Waals surface area contributed by atoms with Crippen LogP contribution in [0.15, 0.2) is 12.5 Å². The van der Waals surface area contributed by atoms with Gasteiger partial charge in [0.25, 0.3) is 0 Å². The van der Waals surface area contributed by atoms with Crippen LogP contribution in [0.5, 0.6) is 0 Å². The van der Waals surface area contributed by atoms with Crippen LogP contribution in [0.4, 0.5) is 5.00 Å². The fourth-order valence-electron chi connectivity index (χ4n) is 3.79. The number of thiophene rings is 1. The highest BCUT2D eigenvalue weighted by Crippen LogP contribution is 2.45. The third-order valence-corrected chi connectivity index (χ3v) is 6.50. The number of aromatic nitrogens is 2. The van der Waals surface area contributed by atoms with Crippen LogP contribution in [-0.2, 0) is 18.2 Å². The molecule has 26 heavy (non-hydrogen) atoms. The molecule has 5 nitrogen and oxygen atoms in total. The maximum absolute atomic E-state index is 12.8. The number of nitrogens with zero attached hydrogens (tertiary/aromatic N) is 3. The minimum atomic E-state index is 0.0164. The molecule has 0 bridgehead atoms. The van der Waals surface area contributed by atoms with E-state index in [-0.39, 0.29) is 11.2 Å². The largest absolute Gasteiger partial charge is 0.378 e. The quantitative estimate of drug-likeness (QED) is 0.826. The number of carbonyl (C=O) groups excluding carboxylic acids is 1. The molecule has 2 aromatic rings. The van der Waals surface area contributed by atoms with Crippen LogP contribution in [0.2, 0.25) is 0 Å². The lowest BCUT2D eigenvalue weighted by Gasteiger charge is -2.29. The number of hydrogen-bond donors (Lipinski definition) is 0. The first-order chi connectivity index (χ1) is 12.4. The van der Waals surface area contributed by atoms with Crippen LogP contribution < -0.4 is 4.90 Å². The highest BCUT2D eigenvalue weighted by atomic mass is 32.1. The van der Waals surface area contributed by atoms with Gasteiger partial charge in [-0.15, -0.1) is 11.3 Å². The summed E-state index contributed by atoms with van der Waals surface area (Å²) in [5.74, 6) is 0.288. The summed E-state index contributed by atoms with van der Waals surface area (Å²) in [6, 6.07) is 0. The minimum absolute atomic E-state index is 0.0164. The molecule has 1 aliphatic carbocycles. The Hall–Kier alpha value is -1.92. The van der Waals surface area contributed by atoms with Crippen molar-refractivity contribution < 1.29 is 9.53 Å². The lowest BCUT2D eigenvalue weighted by atomic mass is 9.75. The molecule has 6 heteroatoms. The molecule has 0 radical (unpaired) electrons. The summed E-state index contributed by atoms with van der Waals surface area (Å²) in [4.78, 5) is 20.3. The molecular weight excluding hydrogens is 346 g/mol. The predicted molar refractivity (Wildman–Crippen MR) is 106 cm³/mol. The summed E-state index contributed by atoms with van der Waals surface area (Å²) in [5.41, 5.74) is 3.49.